The highest BCUT2D eigenvalue weighted by Gasteiger charge is 2.15. The van der Waals surface area contributed by atoms with Crippen molar-refractivity contribution in [1.82, 2.24) is 28.2 Å². The fourth-order valence-electron chi connectivity index (χ4n) is 6.24. The number of para-hydroxylation sites is 4. The van der Waals surface area contributed by atoms with Crippen LogP contribution in [-0.2, 0) is 26.2 Å². The first-order chi connectivity index (χ1) is 23.0. The van der Waals surface area contributed by atoms with Gasteiger partial charge in [0.1, 0.15) is 0 Å². The first-order valence-corrected chi connectivity index (χ1v) is 19.1. The first kappa shape index (κ1) is 32.0. The van der Waals surface area contributed by atoms with Crippen LogP contribution in [0.4, 0.5) is 0 Å². The summed E-state index contributed by atoms with van der Waals surface area (Å²) in [6.45, 7) is 2.50. The van der Waals surface area contributed by atoms with Crippen LogP contribution in [-0.4, -0.2) is 39.7 Å². The summed E-state index contributed by atoms with van der Waals surface area (Å²) in [6, 6.07) is 25.6. The minimum absolute atomic E-state index is 0.220. The highest BCUT2D eigenvalue weighted by Crippen LogP contribution is 2.28. The van der Waals surface area contributed by atoms with Crippen LogP contribution in [0.3, 0.4) is 0 Å². The number of fused-ring (bicyclic) bond motifs is 10. The molecular weight excluding hydrogens is 692 g/mol. The Morgan fingerprint density at radius 1 is 0.617 bits per heavy atom. The maximum atomic E-state index is 13.2. The molecule has 0 atom stereocenters. The van der Waals surface area contributed by atoms with Gasteiger partial charge in [-0.1, -0.05) is 84.9 Å². The minimum atomic E-state index is -0.251. The van der Waals surface area contributed by atoms with E-state index >= 15 is 0 Å². The molecular formula is C36H37BrN6O2S2. The zero-order valence-corrected chi connectivity index (χ0v) is 29.4. The number of nitrogens with zero attached hydrogens (tertiary/aromatic N) is 6. The quantitative estimate of drug-likeness (QED) is 0.159. The second-order valence-corrected chi connectivity index (χ2v) is 15.0. The third kappa shape index (κ3) is 7.17. The Morgan fingerprint density at radius 2 is 1.17 bits per heavy atom. The maximum Gasteiger partial charge on any atom is 0.331 e. The lowest BCUT2D eigenvalue weighted by atomic mass is 10.1. The molecule has 8 nitrogen and oxygen atoms in total. The summed E-state index contributed by atoms with van der Waals surface area (Å²) in [7, 11) is 0. The number of rotatable bonds is 0. The molecule has 11 heteroatoms. The van der Waals surface area contributed by atoms with Crippen LogP contribution < -0.4 is 11.2 Å². The molecule has 0 N–H and O–H groups in total. The third-order valence-electron chi connectivity index (χ3n) is 8.64. The largest absolute Gasteiger partial charge is 0.331 e. The number of hydrogen-bond acceptors (Lipinski definition) is 6. The van der Waals surface area contributed by atoms with Gasteiger partial charge in [-0.05, 0) is 77.0 Å². The summed E-state index contributed by atoms with van der Waals surface area (Å²) in [5.74, 6) is 1.85. The number of halogens is 1. The van der Waals surface area contributed by atoms with Gasteiger partial charge in [-0.3, -0.25) is 13.9 Å². The molecule has 0 aliphatic carbocycles. The van der Waals surface area contributed by atoms with Crippen molar-refractivity contribution in [2.45, 2.75) is 75.0 Å². The fraction of sp³-hybridized carbons (Fsp3) is 0.333. The third-order valence-corrected chi connectivity index (χ3v) is 11.3. The van der Waals surface area contributed by atoms with Crippen LogP contribution >= 0.6 is 39.5 Å². The van der Waals surface area contributed by atoms with Crippen LogP contribution in [0.25, 0.3) is 22.1 Å². The van der Waals surface area contributed by atoms with Crippen LogP contribution in [0.1, 0.15) is 49.7 Å². The van der Waals surface area contributed by atoms with E-state index in [9.17, 15) is 9.59 Å². The first-order valence-electron chi connectivity index (χ1n) is 16.3. The molecule has 0 radical (unpaired) electrons. The monoisotopic (exact) mass is 728 g/mol. The lowest BCUT2D eigenvalue weighted by Gasteiger charge is -2.13. The van der Waals surface area contributed by atoms with Gasteiger partial charge in [0.15, 0.2) is 10.3 Å². The van der Waals surface area contributed by atoms with Crippen LogP contribution in [0, 0.1) is 0 Å². The molecule has 4 heterocycles. The highest BCUT2D eigenvalue weighted by molar-refractivity contribution is 9.10. The number of benzene rings is 3. The number of thioether (sulfide) groups is 2. The molecule has 1 aliphatic rings. The normalized spacial score (nSPS) is 15.6. The summed E-state index contributed by atoms with van der Waals surface area (Å²) in [4.78, 5) is 36.1. The van der Waals surface area contributed by atoms with Crippen molar-refractivity contribution in [3.63, 3.8) is 0 Å². The van der Waals surface area contributed by atoms with Crippen molar-refractivity contribution >= 4 is 61.5 Å². The van der Waals surface area contributed by atoms with Crippen molar-refractivity contribution in [2.24, 2.45) is 0 Å². The fourth-order valence-corrected chi connectivity index (χ4v) is 8.72. The molecule has 0 spiro atoms. The smallest absolute Gasteiger partial charge is 0.314 e. The number of hydrogen-bond donors (Lipinski definition) is 0. The Balaban J connectivity index is 1.20. The van der Waals surface area contributed by atoms with Crippen LogP contribution in [0.2, 0.25) is 0 Å². The van der Waals surface area contributed by atoms with E-state index in [0.717, 1.165) is 95.5 Å². The maximum absolute atomic E-state index is 13.2. The zero-order chi connectivity index (χ0) is 32.2. The van der Waals surface area contributed by atoms with E-state index in [4.69, 9.17) is 9.97 Å². The lowest BCUT2D eigenvalue weighted by Crippen LogP contribution is -2.40. The van der Waals surface area contributed by atoms with E-state index in [0.29, 0.717) is 17.6 Å². The number of aryl methyl sites for hydroxylation is 1. The van der Waals surface area contributed by atoms with Gasteiger partial charge in [-0.25, -0.2) is 14.8 Å². The van der Waals surface area contributed by atoms with Crippen LogP contribution in [0.5, 0.6) is 0 Å². The number of aromatic nitrogens is 6. The standard InChI is InChI=1S/C36H37BrN6O2S2/c37-28-25-40-18-7-1-9-20-46-34-38-29-14-3-5-16-31(29)42(34)23-26-12-11-13-27(22-26)24-43-32-17-6-4-15-30(32)39-35(43)47-21-10-2-8-19-41(33(28)44)36(40)45/h3-6,11-17,22,25H,1-2,7-10,18-21,23-24H2. The van der Waals surface area contributed by atoms with Gasteiger partial charge in [-0.15, -0.1) is 0 Å². The second kappa shape index (κ2) is 14.7. The molecule has 3 aromatic carbocycles. The predicted molar refractivity (Wildman–Crippen MR) is 196 cm³/mol. The molecule has 0 saturated heterocycles. The Kier molecular flexibility index (Phi) is 10.0. The molecule has 6 aromatic rings. The topological polar surface area (TPSA) is 79.6 Å². The van der Waals surface area contributed by atoms with Crippen molar-refractivity contribution in [3.05, 3.63) is 115 Å². The SMILES string of the molecule is O=c1c(Br)cn2c(=O)n1CCCCCSc1nc3ccccc3n1Cc1cccc(c1)Cn1c(nc3ccccc31)SCCCCC2. The van der Waals surface area contributed by atoms with Crippen molar-refractivity contribution < 1.29 is 0 Å². The molecule has 242 valence electrons. The van der Waals surface area contributed by atoms with E-state index in [1.165, 1.54) is 15.7 Å². The summed E-state index contributed by atoms with van der Waals surface area (Å²) >= 11 is 6.97. The Hall–Kier alpha value is -3.54. The summed E-state index contributed by atoms with van der Waals surface area (Å²) in [5, 5.41) is 2.04. The lowest BCUT2D eigenvalue weighted by molar-refractivity contribution is 0.502. The molecule has 4 bridgehead atoms. The van der Waals surface area contributed by atoms with Gasteiger partial charge in [0.2, 0.25) is 0 Å². The number of imidazole rings is 2. The molecule has 47 heavy (non-hydrogen) atoms. The van der Waals surface area contributed by atoms with E-state index < -0.39 is 0 Å². The van der Waals surface area contributed by atoms with Gasteiger partial charge >= 0.3 is 5.69 Å². The minimum Gasteiger partial charge on any atom is -0.314 e. The van der Waals surface area contributed by atoms with E-state index in [1.807, 2.05) is 12.1 Å². The van der Waals surface area contributed by atoms with E-state index in [1.54, 1.807) is 34.3 Å². The molecule has 1 aliphatic heterocycles. The molecule has 0 fully saturated rings. The van der Waals surface area contributed by atoms with E-state index in [2.05, 4.69) is 85.7 Å². The average Bonchev–Trinajstić information content (AvgIpc) is 3.61. The average molecular weight is 730 g/mol. The highest BCUT2D eigenvalue weighted by atomic mass is 79.9. The van der Waals surface area contributed by atoms with Gasteiger partial charge in [0, 0.05) is 30.8 Å². The second-order valence-electron chi connectivity index (χ2n) is 12.0. The van der Waals surface area contributed by atoms with Gasteiger partial charge < -0.3 is 9.13 Å². The van der Waals surface area contributed by atoms with Gasteiger partial charge in [0.05, 0.1) is 39.6 Å². The summed E-state index contributed by atoms with van der Waals surface area (Å²) in [5.41, 5.74) is 6.30. The predicted octanol–water partition coefficient (Wildman–Crippen LogP) is 7.81. The van der Waals surface area contributed by atoms with Crippen molar-refractivity contribution in [1.29, 1.82) is 0 Å². The molecule has 3 aromatic heterocycles. The zero-order valence-electron chi connectivity index (χ0n) is 26.2. The van der Waals surface area contributed by atoms with Crippen LogP contribution in [0.15, 0.2) is 103 Å². The summed E-state index contributed by atoms with van der Waals surface area (Å²) < 4.78 is 8.18. The molecule has 7 rings (SSSR count). The molecule has 0 unspecified atom stereocenters. The Morgan fingerprint density at radius 3 is 1.77 bits per heavy atom. The van der Waals surface area contributed by atoms with E-state index in [-0.39, 0.29) is 11.2 Å². The van der Waals surface area contributed by atoms with Crippen molar-refractivity contribution in [3.8, 4) is 0 Å². The Labute approximate surface area is 290 Å². The summed E-state index contributed by atoms with van der Waals surface area (Å²) in [6.07, 6.45) is 7.20. The van der Waals surface area contributed by atoms with Crippen molar-refractivity contribution in [2.75, 3.05) is 11.5 Å². The molecule has 0 amide bonds. The van der Waals surface area contributed by atoms with Gasteiger partial charge in [0.25, 0.3) is 5.56 Å². The van der Waals surface area contributed by atoms with Gasteiger partial charge in [-0.2, -0.15) is 0 Å². The molecule has 0 saturated carbocycles. The Bertz CT molecular complexity index is 2150.